The lowest BCUT2D eigenvalue weighted by molar-refractivity contribution is 0.0705. The largest absolute Gasteiger partial charge is 0.338 e. The Bertz CT molecular complexity index is 455. The zero-order chi connectivity index (χ0) is 13.7. The van der Waals surface area contributed by atoms with E-state index in [0.717, 1.165) is 38.9 Å². The predicted molar refractivity (Wildman–Crippen MR) is 74.3 cm³/mol. The number of aromatic amines is 1. The van der Waals surface area contributed by atoms with Crippen molar-refractivity contribution in [1.29, 1.82) is 0 Å². The Morgan fingerprint density at radius 2 is 2.16 bits per heavy atom. The fraction of sp³-hybridized carbons (Fsp3) is 0.571. The Labute approximate surface area is 113 Å². The summed E-state index contributed by atoms with van der Waals surface area (Å²) in [6, 6.07) is 3.50. The van der Waals surface area contributed by atoms with Crippen LogP contribution >= 0.6 is 0 Å². The van der Waals surface area contributed by atoms with Crippen LogP contribution in [0.15, 0.2) is 23.1 Å². The van der Waals surface area contributed by atoms with E-state index < -0.39 is 0 Å². The van der Waals surface area contributed by atoms with Gasteiger partial charge in [-0.15, -0.1) is 0 Å². The predicted octanol–water partition coefficient (Wildman–Crippen LogP) is 0.979. The topological polar surface area (TPSA) is 65.2 Å². The molecule has 0 unspecified atom stereocenters. The fourth-order valence-electron chi connectivity index (χ4n) is 2.36. The number of amides is 1. The molecule has 0 aliphatic carbocycles. The summed E-state index contributed by atoms with van der Waals surface area (Å²) in [6.07, 6.45) is 4.62. The first-order valence-electron chi connectivity index (χ1n) is 6.92. The third-order valence-electron chi connectivity index (χ3n) is 3.50. The Balaban J connectivity index is 1.88. The quantitative estimate of drug-likeness (QED) is 0.851. The Hall–Kier alpha value is -1.62. The van der Waals surface area contributed by atoms with E-state index in [-0.39, 0.29) is 11.5 Å². The van der Waals surface area contributed by atoms with Crippen molar-refractivity contribution in [3.63, 3.8) is 0 Å². The Morgan fingerprint density at radius 3 is 2.74 bits per heavy atom. The summed E-state index contributed by atoms with van der Waals surface area (Å²) in [6.45, 7) is 4.75. The van der Waals surface area contributed by atoms with Crippen molar-refractivity contribution in [1.82, 2.24) is 15.2 Å². The average molecular weight is 263 g/mol. The van der Waals surface area contributed by atoms with Gasteiger partial charge in [-0.25, -0.2) is 0 Å². The van der Waals surface area contributed by atoms with Crippen molar-refractivity contribution < 1.29 is 4.79 Å². The zero-order valence-corrected chi connectivity index (χ0v) is 11.3. The number of nitrogens with zero attached hydrogens (tertiary/aromatic N) is 1. The molecule has 0 radical (unpaired) electrons. The van der Waals surface area contributed by atoms with Crippen LogP contribution in [0.25, 0.3) is 0 Å². The molecule has 5 heteroatoms. The standard InChI is InChI=1S/C14H21N3O2/c1-2-7-15-12-5-8-17(9-6-12)14(19)11-3-4-13(18)16-10-11/h3-4,10,12,15H,2,5-9H2,1H3,(H,16,18). The number of H-pyrrole nitrogens is 1. The normalized spacial score (nSPS) is 16.6. The van der Waals surface area contributed by atoms with Crippen LogP contribution in [0.3, 0.4) is 0 Å². The van der Waals surface area contributed by atoms with Crippen molar-refractivity contribution in [2.24, 2.45) is 0 Å². The third-order valence-corrected chi connectivity index (χ3v) is 3.50. The first-order valence-corrected chi connectivity index (χ1v) is 6.92. The minimum atomic E-state index is -0.181. The second kappa shape index (κ2) is 6.52. The number of hydrogen-bond acceptors (Lipinski definition) is 3. The maximum Gasteiger partial charge on any atom is 0.255 e. The number of rotatable bonds is 4. The van der Waals surface area contributed by atoms with Crippen molar-refractivity contribution in [3.05, 3.63) is 34.2 Å². The van der Waals surface area contributed by atoms with Gasteiger partial charge < -0.3 is 15.2 Å². The summed E-state index contributed by atoms with van der Waals surface area (Å²) in [5.74, 6) is 0.00481. The Kier molecular flexibility index (Phi) is 4.74. The van der Waals surface area contributed by atoms with E-state index in [0.29, 0.717) is 11.6 Å². The van der Waals surface area contributed by atoms with Crippen molar-refractivity contribution in [2.75, 3.05) is 19.6 Å². The van der Waals surface area contributed by atoms with Crippen LogP contribution in [-0.4, -0.2) is 41.5 Å². The number of pyridine rings is 1. The van der Waals surface area contributed by atoms with Crippen LogP contribution in [0.5, 0.6) is 0 Å². The maximum atomic E-state index is 12.2. The molecule has 0 saturated carbocycles. The number of nitrogens with one attached hydrogen (secondary N) is 2. The van der Waals surface area contributed by atoms with Gasteiger partial charge in [0, 0.05) is 31.4 Å². The van der Waals surface area contributed by atoms with Crippen LogP contribution in [0.4, 0.5) is 0 Å². The minimum absolute atomic E-state index is 0.00481. The highest BCUT2D eigenvalue weighted by Crippen LogP contribution is 2.13. The van der Waals surface area contributed by atoms with Gasteiger partial charge in [-0.3, -0.25) is 9.59 Å². The summed E-state index contributed by atoms with van der Waals surface area (Å²) >= 11 is 0. The summed E-state index contributed by atoms with van der Waals surface area (Å²) < 4.78 is 0. The van der Waals surface area contributed by atoms with E-state index in [1.807, 2.05) is 4.90 Å². The van der Waals surface area contributed by atoms with Crippen LogP contribution in [0.2, 0.25) is 0 Å². The van der Waals surface area contributed by atoms with Crippen molar-refractivity contribution in [2.45, 2.75) is 32.2 Å². The molecule has 1 saturated heterocycles. The lowest BCUT2D eigenvalue weighted by Gasteiger charge is -2.32. The molecule has 2 rings (SSSR count). The van der Waals surface area contributed by atoms with Crippen LogP contribution in [-0.2, 0) is 0 Å². The maximum absolute atomic E-state index is 12.2. The molecule has 0 aromatic carbocycles. The van der Waals surface area contributed by atoms with Gasteiger partial charge in [0.1, 0.15) is 0 Å². The van der Waals surface area contributed by atoms with Gasteiger partial charge in [-0.1, -0.05) is 6.92 Å². The van der Waals surface area contributed by atoms with E-state index in [1.54, 1.807) is 6.07 Å². The van der Waals surface area contributed by atoms with E-state index >= 15 is 0 Å². The van der Waals surface area contributed by atoms with E-state index in [4.69, 9.17) is 0 Å². The van der Waals surface area contributed by atoms with Gasteiger partial charge in [0.25, 0.3) is 5.91 Å². The zero-order valence-electron chi connectivity index (χ0n) is 11.3. The third kappa shape index (κ3) is 3.67. The minimum Gasteiger partial charge on any atom is -0.338 e. The highest BCUT2D eigenvalue weighted by Gasteiger charge is 2.23. The molecule has 1 aliphatic heterocycles. The van der Waals surface area contributed by atoms with Crippen LogP contribution in [0.1, 0.15) is 36.5 Å². The van der Waals surface area contributed by atoms with Crippen LogP contribution in [0, 0.1) is 0 Å². The average Bonchev–Trinajstić information content (AvgIpc) is 2.46. The molecule has 1 aromatic heterocycles. The molecule has 1 amide bonds. The number of hydrogen-bond donors (Lipinski definition) is 2. The number of piperidine rings is 1. The van der Waals surface area contributed by atoms with Gasteiger partial charge in [0.05, 0.1) is 5.56 Å². The number of carbonyl (C=O) groups is 1. The molecule has 2 N–H and O–H groups in total. The fourth-order valence-corrected chi connectivity index (χ4v) is 2.36. The van der Waals surface area contributed by atoms with Gasteiger partial charge in [-0.05, 0) is 31.9 Å². The van der Waals surface area contributed by atoms with Gasteiger partial charge in [0.15, 0.2) is 0 Å². The van der Waals surface area contributed by atoms with E-state index in [9.17, 15) is 9.59 Å². The molecule has 19 heavy (non-hydrogen) atoms. The van der Waals surface area contributed by atoms with Crippen molar-refractivity contribution in [3.8, 4) is 0 Å². The highest BCUT2D eigenvalue weighted by atomic mass is 16.2. The molecule has 0 atom stereocenters. The first kappa shape index (κ1) is 13.8. The van der Waals surface area contributed by atoms with E-state index in [1.165, 1.54) is 12.3 Å². The number of likely N-dealkylation sites (tertiary alicyclic amines) is 1. The molecule has 1 aromatic rings. The monoisotopic (exact) mass is 263 g/mol. The molecule has 1 aliphatic rings. The second-order valence-corrected chi connectivity index (χ2v) is 4.96. The number of carbonyl (C=O) groups excluding carboxylic acids is 1. The lowest BCUT2D eigenvalue weighted by atomic mass is 10.0. The summed E-state index contributed by atoms with van der Waals surface area (Å²) in [7, 11) is 0. The molecule has 1 fully saturated rings. The SMILES string of the molecule is CCCNC1CCN(C(=O)c2ccc(=O)[nH]c2)CC1. The van der Waals surface area contributed by atoms with E-state index in [2.05, 4.69) is 17.2 Å². The molecular weight excluding hydrogens is 242 g/mol. The second-order valence-electron chi connectivity index (χ2n) is 4.96. The van der Waals surface area contributed by atoms with Gasteiger partial charge >= 0.3 is 0 Å². The van der Waals surface area contributed by atoms with Crippen LogP contribution < -0.4 is 10.9 Å². The molecule has 0 bridgehead atoms. The van der Waals surface area contributed by atoms with Crippen molar-refractivity contribution >= 4 is 5.91 Å². The van der Waals surface area contributed by atoms with Gasteiger partial charge in [-0.2, -0.15) is 0 Å². The number of aromatic nitrogens is 1. The smallest absolute Gasteiger partial charge is 0.255 e. The highest BCUT2D eigenvalue weighted by molar-refractivity contribution is 5.93. The summed E-state index contributed by atoms with van der Waals surface area (Å²) in [5, 5.41) is 3.49. The molecule has 104 valence electrons. The lowest BCUT2D eigenvalue weighted by Crippen LogP contribution is -2.45. The molecule has 2 heterocycles. The molecule has 5 nitrogen and oxygen atoms in total. The molecular formula is C14H21N3O2. The Morgan fingerprint density at radius 1 is 1.42 bits per heavy atom. The summed E-state index contributed by atoms with van der Waals surface area (Å²) in [5.41, 5.74) is 0.374. The summed E-state index contributed by atoms with van der Waals surface area (Å²) in [4.78, 5) is 27.6. The first-order chi connectivity index (χ1) is 9.20. The molecule has 0 spiro atoms. The van der Waals surface area contributed by atoms with Gasteiger partial charge in [0.2, 0.25) is 5.56 Å².